The summed E-state index contributed by atoms with van der Waals surface area (Å²) in [5.74, 6) is 1.86. The number of nitrogens with one attached hydrogen (secondary N) is 1. The standard InChI is InChI=1S/C15H23N/c1-11-5-4-6-12(2)15(11)10-16-9-13(3)14-7-8-14/h4-6,13-14,16H,7-10H2,1-3H3. The monoisotopic (exact) mass is 217 g/mol. The topological polar surface area (TPSA) is 12.0 Å². The Balaban J connectivity index is 1.84. The first-order valence-corrected chi connectivity index (χ1v) is 6.44. The van der Waals surface area contributed by atoms with E-state index in [1.807, 2.05) is 0 Å². The third kappa shape index (κ3) is 2.85. The van der Waals surface area contributed by atoms with Crippen molar-refractivity contribution in [2.45, 2.75) is 40.2 Å². The molecule has 0 saturated heterocycles. The molecule has 0 spiro atoms. The Morgan fingerprint density at radius 1 is 1.25 bits per heavy atom. The van der Waals surface area contributed by atoms with Crippen LogP contribution in [0, 0.1) is 25.7 Å². The Kier molecular flexibility index (Phi) is 3.65. The largest absolute Gasteiger partial charge is 0.312 e. The average Bonchev–Trinajstić information content (AvgIpc) is 3.05. The van der Waals surface area contributed by atoms with E-state index in [-0.39, 0.29) is 0 Å². The lowest BCUT2D eigenvalue weighted by atomic mass is 10.0. The van der Waals surface area contributed by atoms with Crippen LogP contribution in [0.5, 0.6) is 0 Å². The molecule has 1 aliphatic rings. The molecule has 16 heavy (non-hydrogen) atoms. The fraction of sp³-hybridized carbons (Fsp3) is 0.600. The summed E-state index contributed by atoms with van der Waals surface area (Å²) in [7, 11) is 0. The fourth-order valence-corrected chi connectivity index (χ4v) is 2.38. The molecular formula is C15H23N. The van der Waals surface area contributed by atoms with Gasteiger partial charge in [-0.3, -0.25) is 0 Å². The molecule has 0 amide bonds. The molecule has 1 aliphatic carbocycles. The van der Waals surface area contributed by atoms with E-state index in [0.29, 0.717) is 0 Å². The van der Waals surface area contributed by atoms with Crippen LogP contribution < -0.4 is 5.32 Å². The average molecular weight is 217 g/mol. The third-order valence-corrected chi connectivity index (χ3v) is 3.84. The molecule has 1 saturated carbocycles. The highest BCUT2D eigenvalue weighted by molar-refractivity contribution is 5.33. The van der Waals surface area contributed by atoms with Crippen LogP contribution in [-0.4, -0.2) is 6.54 Å². The molecule has 1 N–H and O–H groups in total. The van der Waals surface area contributed by atoms with Crippen molar-refractivity contribution in [3.05, 3.63) is 34.9 Å². The van der Waals surface area contributed by atoms with Gasteiger partial charge in [-0.2, -0.15) is 0 Å². The fourth-order valence-electron chi connectivity index (χ4n) is 2.38. The van der Waals surface area contributed by atoms with E-state index >= 15 is 0 Å². The highest BCUT2D eigenvalue weighted by Crippen LogP contribution is 2.36. The lowest BCUT2D eigenvalue weighted by Crippen LogP contribution is -2.22. The Morgan fingerprint density at radius 2 is 1.88 bits per heavy atom. The van der Waals surface area contributed by atoms with Crippen LogP contribution >= 0.6 is 0 Å². The Morgan fingerprint density at radius 3 is 2.44 bits per heavy atom. The molecule has 0 aliphatic heterocycles. The summed E-state index contributed by atoms with van der Waals surface area (Å²) in [5, 5.41) is 3.60. The summed E-state index contributed by atoms with van der Waals surface area (Å²) >= 11 is 0. The predicted molar refractivity (Wildman–Crippen MR) is 69.5 cm³/mol. The van der Waals surface area contributed by atoms with Crippen molar-refractivity contribution >= 4 is 0 Å². The van der Waals surface area contributed by atoms with Gasteiger partial charge >= 0.3 is 0 Å². The zero-order valence-corrected chi connectivity index (χ0v) is 10.7. The molecule has 2 rings (SSSR count). The van der Waals surface area contributed by atoms with Gasteiger partial charge in [-0.15, -0.1) is 0 Å². The minimum Gasteiger partial charge on any atom is -0.312 e. The Bertz CT molecular complexity index is 332. The predicted octanol–water partition coefficient (Wildman–Crippen LogP) is 3.44. The van der Waals surface area contributed by atoms with E-state index in [9.17, 15) is 0 Å². The van der Waals surface area contributed by atoms with Gasteiger partial charge in [0.1, 0.15) is 0 Å². The van der Waals surface area contributed by atoms with E-state index in [1.165, 1.54) is 36.1 Å². The van der Waals surface area contributed by atoms with E-state index < -0.39 is 0 Å². The smallest absolute Gasteiger partial charge is 0.0210 e. The number of hydrogen-bond donors (Lipinski definition) is 1. The van der Waals surface area contributed by atoms with Gasteiger partial charge in [-0.05, 0) is 61.8 Å². The zero-order chi connectivity index (χ0) is 11.5. The second-order valence-corrected chi connectivity index (χ2v) is 5.32. The molecule has 1 fully saturated rings. The molecule has 0 bridgehead atoms. The summed E-state index contributed by atoms with van der Waals surface area (Å²) in [6.45, 7) is 8.96. The molecule has 1 heteroatoms. The normalized spacial score (nSPS) is 17.4. The van der Waals surface area contributed by atoms with Gasteiger partial charge in [0.05, 0.1) is 0 Å². The van der Waals surface area contributed by atoms with Gasteiger partial charge in [0, 0.05) is 6.54 Å². The molecule has 0 aromatic heterocycles. The van der Waals surface area contributed by atoms with Crippen LogP contribution in [-0.2, 0) is 6.54 Å². The summed E-state index contributed by atoms with van der Waals surface area (Å²) < 4.78 is 0. The second kappa shape index (κ2) is 5.01. The van der Waals surface area contributed by atoms with Crippen molar-refractivity contribution < 1.29 is 0 Å². The minimum atomic E-state index is 0.851. The molecule has 1 atom stereocenters. The van der Waals surface area contributed by atoms with Crippen LogP contribution in [0.15, 0.2) is 18.2 Å². The lowest BCUT2D eigenvalue weighted by Gasteiger charge is -2.14. The van der Waals surface area contributed by atoms with Crippen molar-refractivity contribution in [1.29, 1.82) is 0 Å². The Labute approximate surface area is 99.3 Å². The lowest BCUT2D eigenvalue weighted by molar-refractivity contribution is 0.461. The molecule has 1 aromatic carbocycles. The maximum absolute atomic E-state index is 3.60. The number of benzene rings is 1. The maximum atomic E-state index is 3.60. The van der Waals surface area contributed by atoms with Gasteiger partial charge in [0.2, 0.25) is 0 Å². The quantitative estimate of drug-likeness (QED) is 0.796. The van der Waals surface area contributed by atoms with Crippen molar-refractivity contribution in [1.82, 2.24) is 5.32 Å². The molecular weight excluding hydrogens is 194 g/mol. The zero-order valence-electron chi connectivity index (χ0n) is 10.7. The van der Waals surface area contributed by atoms with Gasteiger partial charge in [0.25, 0.3) is 0 Å². The van der Waals surface area contributed by atoms with Gasteiger partial charge in [0.15, 0.2) is 0 Å². The Hall–Kier alpha value is -0.820. The summed E-state index contributed by atoms with van der Waals surface area (Å²) in [5.41, 5.74) is 4.30. The third-order valence-electron chi connectivity index (χ3n) is 3.84. The summed E-state index contributed by atoms with van der Waals surface area (Å²) in [6, 6.07) is 6.55. The SMILES string of the molecule is Cc1cccc(C)c1CNCC(C)C1CC1. The van der Waals surface area contributed by atoms with Crippen molar-refractivity contribution in [2.24, 2.45) is 11.8 Å². The van der Waals surface area contributed by atoms with Crippen LogP contribution in [0.4, 0.5) is 0 Å². The number of aryl methyl sites for hydroxylation is 2. The highest BCUT2D eigenvalue weighted by Gasteiger charge is 2.27. The van der Waals surface area contributed by atoms with Gasteiger partial charge in [-0.1, -0.05) is 25.1 Å². The van der Waals surface area contributed by atoms with Gasteiger partial charge in [-0.25, -0.2) is 0 Å². The minimum absolute atomic E-state index is 0.851. The van der Waals surface area contributed by atoms with E-state index in [1.54, 1.807) is 0 Å². The molecule has 1 aromatic rings. The number of hydrogen-bond acceptors (Lipinski definition) is 1. The first-order valence-electron chi connectivity index (χ1n) is 6.44. The molecule has 0 radical (unpaired) electrons. The van der Waals surface area contributed by atoms with Crippen molar-refractivity contribution in [3.63, 3.8) is 0 Å². The first-order chi connectivity index (χ1) is 7.68. The van der Waals surface area contributed by atoms with Crippen LogP contribution in [0.25, 0.3) is 0 Å². The van der Waals surface area contributed by atoms with Crippen LogP contribution in [0.1, 0.15) is 36.5 Å². The van der Waals surface area contributed by atoms with Crippen molar-refractivity contribution in [2.75, 3.05) is 6.54 Å². The summed E-state index contributed by atoms with van der Waals surface area (Å²) in [4.78, 5) is 0. The molecule has 88 valence electrons. The van der Waals surface area contributed by atoms with Crippen molar-refractivity contribution in [3.8, 4) is 0 Å². The second-order valence-electron chi connectivity index (χ2n) is 5.32. The van der Waals surface area contributed by atoms with E-state index in [4.69, 9.17) is 0 Å². The van der Waals surface area contributed by atoms with E-state index in [2.05, 4.69) is 44.3 Å². The van der Waals surface area contributed by atoms with E-state index in [0.717, 1.165) is 18.4 Å². The van der Waals surface area contributed by atoms with Crippen LogP contribution in [0.3, 0.4) is 0 Å². The molecule has 1 nitrogen and oxygen atoms in total. The first kappa shape index (κ1) is 11.7. The number of rotatable bonds is 5. The molecule has 0 heterocycles. The molecule has 1 unspecified atom stereocenters. The van der Waals surface area contributed by atoms with Crippen LogP contribution in [0.2, 0.25) is 0 Å². The summed E-state index contributed by atoms with van der Waals surface area (Å²) in [6.07, 6.45) is 2.90. The van der Waals surface area contributed by atoms with Gasteiger partial charge < -0.3 is 5.32 Å². The maximum Gasteiger partial charge on any atom is 0.0210 e. The highest BCUT2D eigenvalue weighted by atomic mass is 14.9.